The third-order valence-corrected chi connectivity index (χ3v) is 3.03. The molecule has 0 heterocycles. The van der Waals surface area contributed by atoms with Gasteiger partial charge in [-0.3, -0.25) is 10.2 Å². The molecule has 0 atom stereocenters. The number of hydrazine groups is 1. The Morgan fingerprint density at radius 3 is 2.72 bits per heavy atom. The highest BCUT2D eigenvalue weighted by atomic mass is 79.9. The van der Waals surface area contributed by atoms with E-state index in [1.54, 1.807) is 0 Å². The van der Waals surface area contributed by atoms with Gasteiger partial charge in [-0.1, -0.05) is 28.1 Å². The molecule has 2 rings (SSSR count). The van der Waals surface area contributed by atoms with E-state index in [4.69, 9.17) is 10.6 Å². The first-order valence-corrected chi connectivity index (χ1v) is 6.30. The van der Waals surface area contributed by atoms with Gasteiger partial charge in [-0.2, -0.15) is 0 Å². The van der Waals surface area contributed by atoms with E-state index < -0.39 is 0 Å². The van der Waals surface area contributed by atoms with Crippen LogP contribution >= 0.6 is 15.9 Å². The first-order chi connectivity index (χ1) is 8.69. The number of hydrogen-bond donors (Lipinski definition) is 2. The second kappa shape index (κ2) is 5.84. The largest absolute Gasteiger partial charge is 0.493 e. The number of benzene rings is 2. The summed E-state index contributed by atoms with van der Waals surface area (Å²) < 4.78 is 6.53. The molecule has 0 saturated carbocycles. The third-order valence-electron chi connectivity index (χ3n) is 2.53. The van der Waals surface area contributed by atoms with Gasteiger partial charge in [-0.25, -0.2) is 5.84 Å². The lowest BCUT2D eigenvalue weighted by Gasteiger charge is -2.07. The number of fused-ring (bicyclic) bond motifs is 1. The highest BCUT2D eigenvalue weighted by Gasteiger charge is 2.01. The van der Waals surface area contributed by atoms with Crippen LogP contribution < -0.4 is 16.0 Å². The van der Waals surface area contributed by atoms with Crippen LogP contribution in [-0.2, 0) is 4.79 Å². The molecule has 2 aromatic rings. The molecule has 0 saturated heterocycles. The zero-order valence-electron chi connectivity index (χ0n) is 9.65. The first kappa shape index (κ1) is 12.9. The average Bonchev–Trinajstić information content (AvgIpc) is 2.38. The lowest BCUT2D eigenvalue weighted by molar-refractivity contribution is -0.121. The van der Waals surface area contributed by atoms with Gasteiger partial charge in [-0.15, -0.1) is 0 Å². The molecule has 3 N–H and O–H groups in total. The van der Waals surface area contributed by atoms with E-state index in [2.05, 4.69) is 21.4 Å². The van der Waals surface area contributed by atoms with E-state index in [0.29, 0.717) is 6.61 Å². The third kappa shape index (κ3) is 3.21. The van der Waals surface area contributed by atoms with Crippen LogP contribution in [0.4, 0.5) is 0 Å². The van der Waals surface area contributed by atoms with Crippen LogP contribution in [0.15, 0.2) is 40.9 Å². The van der Waals surface area contributed by atoms with Gasteiger partial charge in [0, 0.05) is 4.47 Å². The van der Waals surface area contributed by atoms with E-state index in [-0.39, 0.29) is 12.3 Å². The Hall–Kier alpha value is -1.59. The van der Waals surface area contributed by atoms with Gasteiger partial charge in [0.1, 0.15) is 5.75 Å². The number of hydrogen-bond acceptors (Lipinski definition) is 3. The van der Waals surface area contributed by atoms with Crippen molar-refractivity contribution in [3.8, 4) is 5.75 Å². The summed E-state index contributed by atoms with van der Waals surface area (Å²) in [6, 6.07) is 11.9. The molecule has 0 unspecified atom stereocenters. The number of nitrogens with two attached hydrogens (primary N) is 1. The lowest BCUT2D eigenvalue weighted by Crippen LogP contribution is -2.31. The monoisotopic (exact) mass is 308 g/mol. The highest BCUT2D eigenvalue weighted by molar-refractivity contribution is 9.10. The minimum absolute atomic E-state index is 0.236. The maximum absolute atomic E-state index is 10.9. The van der Waals surface area contributed by atoms with Crippen molar-refractivity contribution in [2.75, 3.05) is 6.61 Å². The molecule has 0 aliphatic rings. The van der Waals surface area contributed by atoms with Crippen LogP contribution in [0.1, 0.15) is 6.42 Å². The number of amides is 1. The van der Waals surface area contributed by atoms with Crippen molar-refractivity contribution in [2.24, 2.45) is 5.84 Å². The number of ether oxygens (including phenoxy) is 1. The molecule has 0 aliphatic carbocycles. The van der Waals surface area contributed by atoms with Crippen LogP contribution in [0.5, 0.6) is 5.75 Å². The smallest absolute Gasteiger partial charge is 0.237 e. The number of carbonyl (C=O) groups is 1. The molecule has 2 aromatic carbocycles. The molecule has 1 amide bonds. The van der Waals surface area contributed by atoms with Crippen LogP contribution in [-0.4, -0.2) is 12.5 Å². The lowest BCUT2D eigenvalue weighted by atomic mass is 10.1. The molecule has 18 heavy (non-hydrogen) atoms. The molecule has 5 heteroatoms. The predicted octanol–water partition coefficient (Wildman–Crippen LogP) is 2.36. The van der Waals surface area contributed by atoms with Crippen LogP contribution in [0, 0.1) is 0 Å². The quantitative estimate of drug-likeness (QED) is 0.518. The van der Waals surface area contributed by atoms with Gasteiger partial charge in [0.05, 0.1) is 13.0 Å². The zero-order valence-corrected chi connectivity index (χ0v) is 11.2. The van der Waals surface area contributed by atoms with E-state index in [0.717, 1.165) is 21.0 Å². The summed E-state index contributed by atoms with van der Waals surface area (Å²) in [6.07, 6.45) is 0.245. The standard InChI is InChI=1S/C13H13BrN2O2/c14-11-3-1-10-8-12(4-2-9(10)7-11)18-6-5-13(17)16-15/h1-4,7-8H,5-6,15H2,(H,16,17). The Morgan fingerprint density at radius 2 is 1.94 bits per heavy atom. The Morgan fingerprint density at radius 1 is 1.22 bits per heavy atom. The summed E-state index contributed by atoms with van der Waals surface area (Å²) in [7, 11) is 0. The number of carbonyl (C=O) groups excluding carboxylic acids is 1. The van der Waals surface area contributed by atoms with E-state index in [1.807, 2.05) is 36.4 Å². The van der Waals surface area contributed by atoms with Crippen molar-refractivity contribution in [2.45, 2.75) is 6.42 Å². The van der Waals surface area contributed by atoms with Gasteiger partial charge < -0.3 is 4.74 Å². The van der Waals surface area contributed by atoms with E-state index in [1.165, 1.54) is 0 Å². The summed E-state index contributed by atoms with van der Waals surface area (Å²) in [5, 5.41) is 2.23. The molecular weight excluding hydrogens is 296 g/mol. The van der Waals surface area contributed by atoms with Gasteiger partial charge in [0.25, 0.3) is 0 Å². The second-order valence-corrected chi connectivity index (χ2v) is 4.73. The molecular formula is C13H13BrN2O2. The van der Waals surface area contributed by atoms with Gasteiger partial charge >= 0.3 is 0 Å². The Labute approximate surface area is 113 Å². The van der Waals surface area contributed by atoms with Gasteiger partial charge in [0.15, 0.2) is 0 Å². The van der Waals surface area contributed by atoms with Crippen LogP contribution in [0.2, 0.25) is 0 Å². The topological polar surface area (TPSA) is 64.3 Å². The Bertz CT molecular complexity index is 572. The van der Waals surface area contributed by atoms with Gasteiger partial charge in [0.2, 0.25) is 5.91 Å². The van der Waals surface area contributed by atoms with Gasteiger partial charge in [-0.05, 0) is 35.0 Å². The van der Waals surface area contributed by atoms with Crippen molar-refractivity contribution >= 4 is 32.6 Å². The SMILES string of the molecule is NNC(=O)CCOc1ccc2cc(Br)ccc2c1. The minimum atomic E-state index is -0.236. The van der Waals surface area contributed by atoms with Crippen molar-refractivity contribution < 1.29 is 9.53 Å². The molecule has 0 bridgehead atoms. The normalized spacial score (nSPS) is 10.3. The van der Waals surface area contributed by atoms with Crippen molar-refractivity contribution in [1.29, 1.82) is 0 Å². The fourth-order valence-corrected chi connectivity index (χ4v) is 2.00. The van der Waals surface area contributed by atoms with Crippen LogP contribution in [0.25, 0.3) is 10.8 Å². The zero-order chi connectivity index (χ0) is 13.0. The maximum Gasteiger partial charge on any atom is 0.237 e. The Kier molecular flexibility index (Phi) is 4.17. The maximum atomic E-state index is 10.9. The minimum Gasteiger partial charge on any atom is -0.493 e. The average molecular weight is 309 g/mol. The van der Waals surface area contributed by atoms with Crippen molar-refractivity contribution in [1.82, 2.24) is 5.43 Å². The fraction of sp³-hybridized carbons (Fsp3) is 0.154. The fourth-order valence-electron chi connectivity index (χ4n) is 1.62. The summed E-state index contributed by atoms with van der Waals surface area (Å²) in [5.41, 5.74) is 2.06. The molecule has 4 nitrogen and oxygen atoms in total. The second-order valence-electron chi connectivity index (χ2n) is 3.82. The van der Waals surface area contributed by atoms with Crippen molar-refractivity contribution in [3.63, 3.8) is 0 Å². The molecule has 0 spiro atoms. The summed E-state index contributed by atoms with van der Waals surface area (Å²) >= 11 is 3.43. The van der Waals surface area contributed by atoms with E-state index >= 15 is 0 Å². The highest BCUT2D eigenvalue weighted by Crippen LogP contribution is 2.24. The molecule has 94 valence electrons. The van der Waals surface area contributed by atoms with Crippen LogP contribution in [0.3, 0.4) is 0 Å². The number of nitrogens with one attached hydrogen (secondary N) is 1. The molecule has 0 aliphatic heterocycles. The van der Waals surface area contributed by atoms with E-state index in [9.17, 15) is 4.79 Å². The number of rotatable bonds is 4. The molecule has 0 fully saturated rings. The Balaban J connectivity index is 2.06. The summed E-state index contributed by atoms with van der Waals surface area (Å²) in [6.45, 7) is 0.311. The summed E-state index contributed by atoms with van der Waals surface area (Å²) in [5.74, 6) is 5.49. The van der Waals surface area contributed by atoms with Crippen molar-refractivity contribution in [3.05, 3.63) is 40.9 Å². The predicted molar refractivity (Wildman–Crippen MR) is 74.1 cm³/mol. The first-order valence-electron chi connectivity index (χ1n) is 5.50. The number of halogens is 1. The molecule has 0 aromatic heterocycles. The summed E-state index contributed by atoms with van der Waals surface area (Å²) in [4.78, 5) is 10.9. The molecule has 0 radical (unpaired) electrons.